The first kappa shape index (κ1) is 19.5. The third-order valence-corrected chi connectivity index (χ3v) is 4.08. The van der Waals surface area contributed by atoms with Gasteiger partial charge in [-0.2, -0.15) is 0 Å². The fourth-order valence-electron chi connectivity index (χ4n) is 2.71. The molecule has 2 heteroatoms. The van der Waals surface area contributed by atoms with E-state index in [0.717, 1.165) is 19.0 Å². The number of nitrogens with zero attached hydrogens (tertiary/aromatic N) is 1. The number of hydrogen-bond acceptors (Lipinski definition) is 1. The molecule has 0 aromatic carbocycles. The Hall–Kier alpha value is -0.530. The molecule has 0 aromatic heterocycles. The molecule has 1 unspecified atom stereocenters. The summed E-state index contributed by atoms with van der Waals surface area (Å²) >= 11 is 0. The zero-order valence-corrected chi connectivity index (χ0v) is 14.3. The Kier molecular flexibility index (Phi) is 14.5. The van der Waals surface area contributed by atoms with Gasteiger partial charge in [-0.15, -0.1) is 0 Å². The van der Waals surface area contributed by atoms with Crippen molar-refractivity contribution in [3.8, 4) is 0 Å². The van der Waals surface area contributed by atoms with E-state index in [-0.39, 0.29) is 0 Å². The molecule has 120 valence electrons. The maximum atomic E-state index is 7.54. The van der Waals surface area contributed by atoms with Crippen molar-refractivity contribution in [3.05, 3.63) is 0 Å². The van der Waals surface area contributed by atoms with Crippen LogP contribution in [0.1, 0.15) is 91.4 Å². The van der Waals surface area contributed by atoms with E-state index in [1.165, 1.54) is 70.6 Å². The summed E-state index contributed by atoms with van der Waals surface area (Å²) in [5.41, 5.74) is 0. The van der Waals surface area contributed by atoms with Gasteiger partial charge in [0.1, 0.15) is 0 Å². The van der Waals surface area contributed by atoms with Gasteiger partial charge in [0.25, 0.3) is 0 Å². The topological polar surface area (TPSA) is 27.1 Å². The number of nitrogens with one attached hydrogen (secondary N) is 1. The van der Waals surface area contributed by atoms with E-state index in [0.29, 0.717) is 0 Å². The van der Waals surface area contributed by atoms with Crippen LogP contribution in [0, 0.1) is 11.3 Å². The van der Waals surface area contributed by atoms with Crippen molar-refractivity contribution in [1.82, 2.24) is 4.90 Å². The lowest BCUT2D eigenvalue weighted by Crippen LogP contribution is -2.28. The summed E-state index contributed by atoms with van der Waals surface area (Å²) in [6.45, 7) is 9.02. The molecule has 0 saturated heterocycles. The fraction of sp³-hybridized carbons (Fsp3) is 0.944. The second kappa shape index (κ2) is 14.9. The lowest BCUT2D eigenvalue weighted by atomic mass is 10.0. The normalized spacial score (nSPS) is 12.3. The monoisotopic (exact) mass is 282 g/mol. The average molecular weight is 283 g/mol. The maximum Gasteiger partial charge on any atom is 0.0817 e. The van der Waals surface area contributed by atoms with Gasteiger partial charge in [-0.1, -0.05) is 78.6 Å². The third kappa shape index (κ3) is 12.5. The molecule has 20 heavy (non-hydrogen) atoms. The molecule has 0 aliphatic carbocycles. The highest BCUT2D eigenvalue weighted by Crippen LogP contribution is 2.12. The van der Waals surface area contributed by atoms with Crippen LogP contribution in [0.15, 0.2) is 0 Å². The minimum absolute atomic E-state index is 0.730. The standard InChI is InChI=1S/C18H38N2/c1-4-6-8-10-11-13-15-20(17-19)16-18(3)14-12-9-7-5-2/h17-19H,4-16H2,1-3H3. The smallest absolute Gasteiger partial charge is 0.0817 e. The van der Waals surface area contributed by atoms with Crippen LogP contribution in [0.5, 0.6) is 0 Å². The van der Waals surface area contributed by atoms with Crippen LogP contribution in [0.2, 0.25) is 0 Å². The molecule has 0 radical (unpaired) electrons. The van der Waals surface area contributed by atoms with Crippen LogP contribution < -0.4 is 0 Å². The highest BCUT2D eigenvalue weighted by atomic mass is 15.1. The van der Waals surface area contributed by atoms with E-state index in [4.69, 9.17) is 5.41 Å². The van der Waals surface area contributed by atoms with Gasteiger partial charge in [-0.25, -0.2) is 0 Å². The maximum absolute atomic E-state index is 7.54. The van der Waals surface area contributed by atoms with E-state index in [1.54, 1.807) is 6.34 Å². The Morgan fingerprint density at radius 2 is 1.40 bits per heavy atom. The van der Waals surface area contributed by atoms with E-state index in [2.05, 4.69) is 25.7 Å². The molecule has 0 aromatic rings. The molecule has 2 nitrogen and oxygen atoms in total. The van der Waals surface area contributed by atoms with Crippen molar-refractivity contribution < 1.29 is 0 Å². The van der Waals surface area contributed by atoms with Gasteiger partial charge in [0, 0.05) is 13.1 Å². The van der Waals surface area contributed by atoms with Gasteiger partial charge < -0.3 is 4.90 Å². The SMILES string of the molecule is CCCCCCCCN(C=N)CC(C)CCCCCC. The lowest BCUT2D eigenvalue weighted by Gasteiger charge is -2.23. The second-order valence-electron chi connectivity index (χ2n) is 6.35. The summed E-state index contributed by atoms with van der Waals surface area (Å²) in [4.78, 5) is 2.21. The predicted octanol–water partition coefficient (Wildman–Crippen LogP) is 5.86. The van der Waals surface area contributed by atoms with Gasteiger partial charge in [-0.05, 0) is 18.8 Å². The van der Waals surface area contributed by atoms with E-state index in [1.807, 2.05) is 0 Å². The summed E-state index contributed by atoms with van der Waals surface area (Å²) in [6, 6.07) is 0. The molecule has 0 aliphatic heterocycles. The Labute approximate surface area is 127 Å². The lowest BCUT2D eigenvalue weighted by molar-refractivity contribution is 0.331. The molecule has 0 heterocycles. The Balaban J connectivity index is 3.56. The van der Waals surface area contributed by atoms with Gasteiger partial charge in [0.2, 0.25) is 0 Å². The molecule has 0 saturated carbocycles. The quantitative estimate of drug-likeness (QED) is 0.227. The molecule has 0 amide bonds. The first-order chi connectivity index (χ1) is 9.74. The molecule has 0 fully saturated rings. The number of rotatable bonds is 15. The van der Waals surface area contributed by atoms with Gasteiger partial charge in [-0.3, -0.25) is 5.41 Å². The molecule has 1 N–H and O–H groups in total. The fourth-order valence-corrected chi connectivity index (χ4v) is 2.71. The van der Waals surface area contributed by atoms with Crippen LogP contribution in [0.3, 0.4) is 0 Å². The van der Waals surface area contributed by atoms with Gasteiger partial charge in [0.05, 0.1) is 6.34 Å². The molecular weight excluding hydrogens is 244 g/mol. The average Bonchev–Trinajstić information content (AvgIpc) is 2.46. The molecule has 0 spiro atoms. The van der Waals surface area contributed by atoms with E-state index in [9.17, 15) is 0 Å². The first-order valence-electron chi connectivity index (χ1n) is 8.99. The highest BCUT2D eigenvalue weighted by Gasteiger charge is 2.07. The van der Waals surface area contributed by atoms with Crippen molar-refractivity contribution in [1.29, 1.82) is 5.41 Å². The zero-order chi connectivity index (χ0) is 15.1. The van der Waals surface area contributed by atoms with Crippen molar-refractivity contribution in [2.24, 2.45) is 5.92 Å². The van der Waals surface area contributed by atoms with Crippen LogP contribution in [0.25, 0.3) is 0 Å². The van der Waals surface area contributed by atoms with Crippen molar-refractivity contribution in [3.63, 3.8) is 0 Å². The third-order valence-electron chi connectivity index (χ3n) is 4.08. The largest absolute Gasteiger partial charge is 0.363 e. The predicted molar refractivity (Wildman–Crippen MR) is 91.7 cm³/mol. The molecule has 1 atom stereocenters. The van der Waals surface area contributed by atoms with Crippen LogP contribution in [-0.4, -0.2) is 24.3 Å². The van der Waals surface area contributed by atoms with Crippen molar-refractivity contribution >= 4 is 6.34 Å². The Morgan fingerprint density at radius 3 is 2.00 bits per heavy atom. The summed E-state index contributed by atoms with van der Waals surface area (Å²) in [5, 5.41) is 7.54. The van der Waals surface area contributed by atoms with Crippen molar-refractivity contribution in [2.45, 2.75) is 91.4 Å². The van der Waals surface area contributed by atoms with E-state index < -0.39 is 0 Å². The van der Waals surface area contributed by atoms with Crippen LogP contribution in [0.4, 0.5) is 0 Å². The summed E-state index contributed by atoms with van der Waals surface area (Å²) in [6.07, 6.45) is 16.3. The first-order valence-corrected chi connectivity index (χ1v) is 8.99. The van der Waals surface area contributed by atoms with Crippen LogP contribution in [-0.2, 0) is 0 Å². The summed E-state index contributed by atoms with van der Waals surface area (Å²) in [7, 11) is 0. The summed E-state index contributed by atoms with van der Waals surface area (Å²) < 4.78 is 0. The number of hydrogen-bond donors (Lipinski definition) is 1. The molecule has 0 aliphatic rings. The van der Waals surface area contributed by atoms with Gasteiger partial charge >= 0.3 is 0 Å². The number of unbranched alkanes of at least 4 members (excludes halogenated alkanes) is 8. The Morgan fingerprint density at radius 1 is 0.850 bits per heavy atom. The van der Waals surface area contributed by atoms with E-state index >= 15 is 0 Å². The highest BCUT2D eigenvalue weighted by molar-refractivity contribution is 5.50. The molecular formula is C18H38N2. The summed E-state index contributed by atoms with van der Waals surface area (Å²) in [5.74, 6) is 0.730. The van der Waals surface area contributed by atoms with Crippen LogP contribution >= 0.6 is 0 Å². The minimum atomic E-state index is 0.730. The molecule has 0 rings (SSSR count). The minimum Gasteiger partial charge on any atom is -0.363 e. The second-order valence-corrected chi connectivity index (χ2v) is 6.35. The van der Waals surface area contributed by atoms with Gasteiger partial charge in [0.15, 0.2) is 0 Å². The van der Waals surface area contributed by atoms with Crippen molar-refractivity contribution in [2.75, 3.05) is 13.1 Å². The Bertz CT molecular complexity index is 204. The zero-order valence-electron chi connectivity index (χ0n) is 14.3. The molecule has 0 bridgehead atoms.